The number of nitriles is 1. The molecule has 0 aliphatic rings. The van der Waals surface area contributed by atoms with Crippen LogP contribution in [0.3, 0.4) is 0 Å². The van der Waals surface area contributed by atoms with E-state index in [1.54, 1.807) is 0 Å². The van der Waals surface area contributed by atoms with Crippen LogP contribution in [0.5, 0.6) is 0 Å². The summed E-state index contributed by atoms with van der Waals surface area (Å²) < 4.78 is 0. The average molecular weight is 175 g/mol. The molecule has 0 aromatic carbocycles. The molecule has 0 saturated carbocycles. The van der Waals surface area contributed by atoms with E-state index in [1.165, 1.54) is 6.07 Å². The Hall–Kier alpha value is -1.00. The Morgan fingerprint density at radius 3 is 2.00 bits per heavy atom. The van der Waals surface area contributed by atoms with Gasteiger partial charge in [0.15, 0.2) is 12.4 Å². The zero-order valence-corrected chi connectivity index (χ0v) is 6.03. The Bertz CT molecular complexity index is 189. The molecular weight excluding hydrogens is 166 g/mol. The molecule has 0 aliphatic carbocycles. The molecule has 0 aromatic rings. The van der Waals surface area contributed by atoms with Gasteiger partial charge in [-0.25, -0.2) is 0 Å². The van der Waals surface area contributed by atoms with E-state index in [1.807, 2.05) is 0 Å². The van der Waals surface area contributed by atoms with Gasteiger partial charge in [0.1, 0.15) is 18.3 Å². The zero-order valence-electron chi connectivity index (χ0n) is 6.03. The third-order valence-corrected chi connectivity index (χ3v) is 1.30. The van der Waals surface area contributed by atoms with Gasteiger partial charge < -0.3 is 25.2 Å². The zero-order chi connectivity index (χ0) is 9.72. The maximum absolute atomic E-state index is 9.88. The van der Waals surface area contributed by atoms with Crippen LogP contribution in [0.25, 0.3) is 0 Å². The summed E-state index contributed by atoms with van der Waals surface area (Å²) in [5.41, 5.74) is 0. The minimum Gasteiger partial charge on any atom is -0.387 e. The molecule has 0 unspecified atom stereocenters. The Morgan fingerprint density at radius 2 is 1.67 bits per heavy atom. The SMILES string of the molecule is N#C[C@@H](O)[C@@H](O)[C@H](O)[C@@H](O)C=O. The van der Waals surface area contributed by atoms with Gasteiger partial charge in [-0.3, -0.25) is 0 Å². The lowest BCUT2D eigenvalue weighted by atomic mass is 10.1. The number of carbonyl (C=O) groups is 1. The summed E-state index contributed by atoms with van der Waals surface area (Å²) in [4.78, 5) is 9.88. The summed E-state index contributed by atoms with van der Waals surface area (Å²) in [6, 6.07) is 1.24. The van der Waals surface area contributed by atoms with E-state index in [9.17, 15) is 4.79 Å². The van der Waals surface area contributed by atoms with Crippen LogP contribution >= 0.6 is 0 Å². The van der Waals surface area contributed by atoms with Crippen molar-refractivity contribution in [2.24, 2.45) is 0 Å². The smallest absolute Gasteiger partial charge is 0.168 e. The fourth-order valence-electron chi connectivity index (χ4n) is 0.546. The summed E-state index contributed by atoms with van der Waals surface area (Å²) >= 11 is 0. The molecule has 0 bridgehead atoms. The molecule has 0 radical (unpaired) electrons. The van der Waals surface area contributed by atoms with E-state index in [-0.39, 0.29) is 6.29 Å². The van der Waals surface area contributed by atoms with Crippen molar-refractivity contribution in [2.45, 2.75) is 24.4 Å². The van der Waals surface area contributed by atoms with Crippen molar-refractivity contribution in [1.82, 2.24) is 0 Å². The number of aliphatic hydroxyl groups is 4. The average Bonchev–Trinajstić information content (AvgIpc) is 2.12. The largest absolute Gasteiger partial charge is 0.387 e. The van der Waals surface area contributed by atoms with Crippen molar-refractivity contribution < 1.29 is 25.2 Å². The molecule has 6 nitrogen and oxygen atoms in total. The molecule has 6 heteroatoms. The van der Waals surface area contributed by atoms with E-state index in [4.69, 9.17) is 25.7 Å². The number of carbonyl (C=O) groups excluding carboxylic acids is 1. The second kappa shape index (κ2) is 4.79. The lowest BCUT2D eigenvalue weighted by molar-refractivity contribution is -0.130. The van der Waals surface area contributed by atoms with Crippen molar-refractivity contribution >= 4 is 6.29 Å². The van der Waals surface area contributed by atoms with Crippen LogP contribution in [-0.4, -0.2) is 51.1 Å². The van der Waals surface area contributed by atoms with Crippen LogP contribution in [0, 0.1) is 11.3 Å². The molecule has 0 amide bonds. The van der Waals surface area contributed by atoms with E-state index in [2.05, 4.69) is 0 Å². The number of aliphatic hydroxyl groups excluding tert-OH is 4. The Kier molecular flexibility index (Phi) is 4.39. The van der Waals surface area contributed by atoms with Gasteiger partial charge in [0.05, 0.1) is 6.07 Å². The molecular formula is C6H9NO5. The summed E-state index contributed by atoms with van der Waals surface area (Å²) in [7, 11) is 0. The minimum absolute atomic E-state index is 0.00200. The van der Waals surface area contributed by atoms with E-state index in [0.717, 1.165) is 0 Å². The van der Waals surface area contributed by atoms with Crippen molar-refractivity contribution in [2.75, 3.05) is 0 Å². The fourth-order valence-corrected chi connectivity index (χ4v) is 0.546. The minimum atomic E-state index is -1.85. The highest BCUT2D eigenvalue weighted by Crippen LogP contribution is 2.02. The Labute approximate surface area is 68.3 Å². The summed E-state index contributed by atoms with van der Waals surface area (Å²) in [5.74, 6) is 0. The topological polar surface area (TPSA) is 122 Å². The predicted molar refractivity (Wildman–Crippen MR) is 35.7 cm³/mol. The highest BCUT2D eigenvalue weighted by atomic mass is 16.4. The van der Waals surface area contributed by atoms with E-state index < -0.39 is 24.4 Å². The molecule has 0 spiro atoms. The second-order valence-corrected chi connectivity index (χ2v) is 2.18. The molecule has 12 heavy (non-hydrogen) atoms. The first-order chi connectivity index (χ1) is 5.54. The lowest BCUT2D eigenvalue weighted by Gasteiger charge is -2.19. The molecule has 0 heterocycles. The Balaban J connectivity index is 4.19. The quantitative estimate of drug-likeness (QED) is 0.269. The maximum Gasteiger partial charge on any atom is 0.168 e. The number of hydrogen-bond donors (Lipinski definition) is 4. The van der Waals surface area contributed by atoms with Gasteiger partial charge in [0.2, 0.25) is 0 Å². The molecule has 4 N–H and O–H groups in total. The van der Waals surface area contributed by atoms with Gasteiger partial charge in [0, 0.05) is 0 Å². The first-order valence-electron chi connectivity index (χ1n) is 3.11. The summed E-state index contributed by atoms with van der Waals surface area (Å²) in [6.07, 6.45) is -7.33. The van der Waals surface area contributed by atoms with Gasteiger partial charge in [0.25, 0.3) is 0 Å². The van der Waals surface area contributed by atoms with Crippen LogP contribution in [0.2, 0.25) is 0 Å². The number of rotatable bonds is 4. The first kappa shape index (κ1) is 11.0. The van der Waals surface area contributed by atoms with Gasteiger partial charge >= 0.3 is 0 Å². The molecule has 4 atom stereocenters. The van der Waals surface area contributed by atoms with E-state index in [0.29, 0.717) is 0 Å². The Morgan fingerprint density at radius 1 is 1.17 bits per heavy atom. The first-order valence-corrected chi connectivity index (χ1v) is 3.11. The monoisotopic (exact) mass is 175 g/mol. The van der Waals surface area contributed by atoms with Crippen molar-refractivity contribution in [3.8, 4) is 6.07 Å². The van der Waals surface area contributed by atoms with Gasteiger partial charge in [-0.1, -0.05) is 0 Å². The molecule has 0 aromatic heterocycles. The maximum atomic E-state index is 9.88. The van der Waals surface area contributed by atoms with Crippen molar-refractivity contribution in [3.05, 3.63) is 0 Å². The predicted octanol–water partition coefficient (Wildman–Crippen LogP) is -2.85. The standard InChI is InChI=1S/C6H9NO5/c7-1-3(9)5(11)6(12)4(10)2-8/h2-6,9-12H/t3-,4+,5-,6-/m1/s1. The number of aldehydes is 1. The van der Waals surface area contributed by atoms with Crippen LogP contribution in [0.1, 0.15) is 0 Å². The molecule has 0 aliphatic heterocycles. The second-order valence-electron chi connectivity index (χ2n) is 2.18. The summed E-state index contributed by atoms with van der Waals surface area (Å²) in [6.45, 7) is 0. The van der Waals surface area contributed by atoms with Gasteiger partial charge in [-0.2, -0.15) is 5.26 Å². The van der Waals surface area contributed by atoms with Crippen LogP contribution < -0.4 is 0 Å². The van der Waals surface area contributed by atoms with Crippen LogP contribution in [0.4, 0.5) is 0 Å². The summed E-state index contributed by atoms with van der Waals surface area (Å²) in [5, 5.41) is 43.0. The van der Waals surface area contributed by atoms with Crippen molar-refractivity contribution in [3.63, 3.8) is 0 Å². The highest BCUT2D eigenvalue weighted by Gasteiger charge is 2.29. The highest BCUT2D eigenvalue weighted by molar-refractivity contribution is 5.56. The van der Waals surface area contributed by atoms with E-state index >= 15 is 0 Å². The molecule has 68 valence electrons. The third-order valence-electron chi connectivity index (χ3n) is 1.30. The van der Waals surface area contributed by atoms with Crippen LogP contribution in [0.15, 0.2) is 0 Å². The lowest BCUT2D eigenvalue weighted by Crippen LogP contribution is -2.44. The van der Waals surface area contributed by atoms with Crippen LogP contribution in [-0.2, 0) is 4.79 Å². The molecule has 0 rings (SSSR count). The fraction of sp³-hybridized carbons (Fsp3) is 0.667. The van der Waals surface area contributed by atoms with Gasteiger partial charge in [-0.05, 0) is 0 Å². The molecule has 0 fully saturated rings. The van der Waals surface area contributed by atoms with Crippen molar-refractivity contribution in [1.29, 1.82) is 5.26 Å². The number of hydrogen-bond acceptors (Lipinski definition) is 6. The third kappa shape index (κ3) is 2.56. The van der Waals surface area contributed by atoms with Gasteiger partial charge in [-0.15, -0.1) is 0 Å². The molecule has 0 saturated heterocycles. The number of nitrogens with zero attached hydrogens (tertiary/aromatic N) is 1. The normalized spacial score (nSPS) is 20.2.